The van der Waals surface area contributed by atoms with Gasteiger partial charge in [0, 0.05) is 67.7 Å². The van der Waals surface area contributed by atoms with Gasteiger partial charge in [0.05, 0.1) is 37.8 Å². The zero-order chi connectivity index (χ0) is 28.8. The third-order valence-corrected chi connectivity index (χ3v) is 8.60. The maximum absolute atomic E-state index is 11.3. The SMILES string of the molecule is C=C(/C=N\CN1CCN(C2COC2)CC1)Oc1cc(CN2CCCC(CC(=O)O)C2)cc(C2C=C(Cl)C=C(Cl)C2)n1. The molecule has 1 aromatic heterocycles. The zero-order valence-corrected chi connectivity index (χ0v) is 24.9. The quantitative estimate of drug-likeness (QED) is 0.293. The van der Waals surface area contributed by atoms with Gasteiger partial charge in [-0.1, -0.05) is 35.9 Å². The molecule has 222 valence electrons. The second kappa shape index (κ2) is 14.3. The first-order valence-electron chi connectivity index (χ1n) is 14.4. The Labute approximate surface area is 252 Å². The fourth-order valence-corrected chi connectivity index (χ4v) is 6.54. The number of carboxylic acid groups (broad SMARTS) is 1. The van der Waals surface area contributed by atoms with Gasteiger partial charge in [0.15, 0.2) is 0 Å². The summed E-state index contributed by atoms with van der Waals surface area (Å²) in [6.45, 7) is 12.7. The summed E-state index contributed by atoms with van der Waals surface area (Å²) in [5.74, 6) is 0.208. The third kappa shape index (κ3) is 8.86. The lowest BCUT2D eigenvalue weighted by atomic mass is 9.93. The Morgan fingerprint density at radius 2 is 2.00 bits per heavy atom. The van der Waals surface area contributed by atoms with E-state index in [0.29, 0.717) is 47.4 Å². The minimum absolute atomic E-state index is 0.0736. The van der Waals surface area contributed by atoms with E-state index < -0.39 is 5.97 Å². The Bertz CT molecular complexity index is 1190. The maximum Gasteiger partial charge on any atom is 0.303 e. The second-order valence-corrected chi connectivity index (χ2v) is 12.3. The minimum atomic E-state index is -0.740. The molecule has 1 N–H and O–H groups in total. The van der Waals surface area contributed by atoms with Crippen LogP contribution in [0.1, 0.15) is 42.9 Å². The first-order valence-corrected chi connectivity index (χ1v) is 15.2. The number of likely N-dealkylation sites (tertiary alicyclic amines) is 1. The Balaban J connectivity index is 1.22. The van der Waals surface area contributed by atoms with E-state index in [9.17, 15) is 9.90 Å². The van der Waals surface area contributed by atoms with E-state index in [0.717, 1.165) is 76.6 Å². The molecular formula is C30H39Cl2N5O4. The van der Waals surface area contributed by atoms with Crippen LogP contribution in [0.3, 0.4) is 0 Å². The third-order valence-electron chi connectivity index (χ3n) is 8.10. The van der Waals surface area contributed by atoms with E-state index in [-0.39, 0.29) is 18.3 Å². The Kier molecular flexibility index (Phi) is 10.5. The molecule has 3 fully saturated rings. The molecule has 0 saturated carbocycles. The average Bonchev–Trinajstić information content (AvgIpc) is 2.88. The first kappa shape index (κ1) is 30.2. The van der Waals surface area contributed by atoms with Crippen LogP contribution in [0.25, 0.3) is 0 Å². The minimum Gasteiger partial charge on any atom is -0.481 e. The van der Waals surface area contributed by atoms with E-state index in [4.69, 9.17) is 37.7 Å². The number of hydrogen-bond acceptors (Lipinski definition) is 8. The summed E-state index contributed by atoms with van der Waals surface area (Å²) in [4.78, 5) is 27.8. The van der Waals surface area contributed by atoms with Gasteiger partial charge in [0.2, 0.25) is 5.88 Å². The van der Waals surface area contributed by atoms with Gasteiger partial charge in [-0.3, -0.25) is 24.5 Å². The number of ether oxygens (including phenoxy) is 2. The highest BCUT2D eigenvalue weighted by Crippen LogP contribution is 2.35. The van der Waals surface area contributed by atoms with Crippen molar-refractivity contribution >= 4 is 35.4 Å². The highest BCUT2D eigenvalue weighted by atomic mass is 35.5. The lowest BCUT2D eigenvalue weighted by Crippen LogP contribution is -2.56. The molecule has 1 aliphatic carbocycles. The number of rotatable bonds is 11. The van der Waals surface area contributed by atoms with E-state index in [1.165, 1.54) is 0 Å². The van der Waals surface area contributed by atoms with Crippen molar-refractivity contribution in [2.24, 2.45) is 10.9 Å². The van der Waals surface area contributed by atoms with Gasteiger partial charge < -0.3 is 14.6 Å². The smallest absolute Gasteiger partial charge is 0.303 e. The molecule has 2 atom stereocenters. The lowest BCUT2D eigenvalue weighted by molar-refractivity contribution is -0.138. The molecule has 9 nitrogen and oxygen atoms in total. The fraction of sp³-hybridized carbons (Fsp3) is 0.567. The largest absolute Gasteiger partial charge is 0.481 e. The van der Waals surface area contributed by atoms with E-state index in [2.05, 4.69) is 32.3 Å². The van der Waals surface area contributed by atoms with Gasteiger partial charge in [-0.25, -0.2) is 4.98 Å². The predicted molar refractivity (Wildman–Crippen MR) is 161 cm³/mol. The topological polar surface area (TPSA) is 90.7 Å². The van der Waals surface area contributed by atoms with Crippen LogP contribution in [-0.4, -0.2) is 102 Å². The van der Waals surface area contributed by atoms with Crippen molar-refractivity contribution < 1.29 is 19.4 Å². The number of allylic oxidation sites excluding steroid dienone is 5. The van der Waals surface area contributed by atoms with Crippen molar-refractivity contribution in [1.29, 1.82) is 0 Å². The van der Waals surface area contributed by atoms with Crippen LogP contribution in [0.4, 0.5) is 0 Å². The molecule has 1 aromatic rings. The molecule has 3 aliphatic heterocycles. The van der Waals surface area contributed by atoms with Gasteiger partial charge in [0.1, 0.15) is 5.76 Å². The predicted octanol–water partition coefficient (Wildman–Crippen LogP) is 4.44. The molecule has 0 bridgehead atoms. The van der Waals surface area contributed by atoms with Crippen molar-refractivity contribution in [3.05, 3.63) is 57.9 Å². The number of piperazine rings is 1. The van der Waals surface area contributed by atoms with Crippen LogP contribution in [0.15, 0.2) is 51.7 Å². The summed E-state index contributed by atoms with van der Waals surface area (Å²) < 4.78 is 11.4. The van der Waals surface area contributed by atoms with Crippen molar-refractivity contribution in [2.45, 2.75) is 44.2 Å². The van der Waals surface area contributed by atoms with Crippen molar-refractivity contribution in [1.82, 2.24) is 19.7 Å². The van der Waals surface area contributed by atoms with Crippen LogP contribution in [0.5, 0.6) is 5.88 Å². The van der Waals surface area contributed by atoms with Gasteiger partial charge in [-0.15, -0.1) is 0 Å². The van der Waals surface area contributed by atoms with Crippen molar-refractivity contribution in [3.63, 3.8) is 0 Å². The number of pyridine rings is 1. The number of halogens is 2. The highest BCUT2D eigenvalue weighted by Gasteiger charge is 2.28. The number of nitrogens with zero attached hydrogens (tertiary/aromatic N) is 5. The van der Waals surface area contributed by atoms with Crippen LogP contribution in [0.2, 0.25) is 0 Å². The van der Waals surface area contributed by atoms with Gasteiger partial charge in [-0.05, 0) is 49.4 Å². The summed E-state index contributed by atoms with van der Waals surface area (Å²) in [5, 5.41) is 10.5. The maximum atomic E-state index is 11.3. The number of carbonyl (C=O) groups is 1. The fourth-order valence-electron chi connectivity index (χ4n) is 5.91. The summed E-state index contributed by atoms with van der Waals surface area (Å²) in [7, 11) is 0. The molecule has 4 heterocycles. The van der Waals surface area contributed by atoms with Crippen LogP contribution in [-0.2, 0) is 16.1 Å². The Morgan fingerprint density at radius 1 is 1.20 bits per heavy atom. The van der Waals surface area contributed by atoms with E-state index in [1.807, 2.05) is 12.1 Å². The molecule has 5 rings (SSSR count). The highest BCUT2D eigenvalue weighted by molar-refractivity contribution is 6.35. The molecule has 0 amide bonds. The Hall–Kier alpha value is -2.27. The van der Waals surface area contributed by atoms with Crippen LogP contribution in [0, 0.1) is 5.92 Å². The van der Waals surface area contributed by atoms with E-state index in [1.54, 1.807) is 12.3 Å². The first-order chi connectivity index (χ1) is 19.8. The molecule has 0 spiro atoms. The monoisotopic (exact) mass is 603 g/mol. The standard InChI is InChI=1S/C30H39Cl2N5O4/c1-21(15-33-20-35-5-7-37(8-6-35)27-18-40-19-27)41-29-10-23(17-36-4-2-3-22(16-36)11-30(38)39)9-28(34-29)24-12-25(31)14-26(32)13-24/h9-10,12,14-15,22,24,27H,1-8,11,13,16-20H2,(H,38,39)/b33-15-. The number of aromatic nitrogens is 1. The van der Waals surface area contributed by atoms with Crippen molar-refractivity contribution in [3.8, 4) is 5.88 Å². The van der Waals surface area contributed by atoms with Gasteiger partial charge in [0.25, 0.3) is 0 Å². The molecule has 3 saturated heterocycles. The molecular weight excluding hydrogens is 565 g/mol. The number of hydrogen-bond donors (Lipinski definition) is 1. The summed E-state index contributed by atoms with van der Waals surface area (Å²) in [5.41, 5.74) is 1.86. The number of piperidine rings is 1. The van der Waals surface area contributed by atoms with Crippen LogP contribution >= 0.6 is 23.2 Å². The summed E-state index contributed by atoms with van der Waals surface area (Å²) in [6.07, 6.45) is 8.13. The lowest BCUT2D eigenvalue weighted by Gasteiger charge is -2.42. The van der Waals surface area contributed by atoms with Crippen molar-refractivity contribution in [2.75, 3.05) is 59.2 Å². The Morgan fingerprint density at radius 3 is 2.71 bits per heavy atom. The average molecular weight is 605 g/mol. The number of aliphatic carboxylic acids is 1. The number of aliphatic imine (C=N–C) groups is 1. The zero-order valence-electron chi connectivity index (χ0n) is 23.4. The summed E-state index contributed by atoms with van der Waals surface area (Å²) >= 11 is 12.7. The molecule has 2 unspecified atom stereocenters. The number of carboxylic acids is 1. The molecule has 41 heavy (non-hydrogen) atoms. The van der Waals surface area contributed by atoms with Gasteiger partial charge in [-0.2, -0.15) is 0 Å². The molecule has 0 radical (unpaired) electrons. The molecule has 4 aliphatic rings. The second-order valence-electron chi connectivity index (χ2n) is 11.4. The van der Waals surface area contributed by atoms with E-state index >= 15 is 0 Å². The normalized spacial score (nSPS) is 25.0. The van der Waals surface area contributed by atoms with Gasteiger partial charge >= 0.3 is 5.97 Å². The summed E-state index contributed by atoms with van der Waals surface area (Å²) in [6, 6.07) is 4.58. The van der Waals surface area contributed by atoms with Crippen LogP contribution < -0.4 is 4.74 Å². The molecule has 11 heteroatoms. The molecule has 0 aromatic carbocycles.